The van der Waals surface area contributed by atoms with E-state index in [4.69, 9.17) is 11.6 Å². The third kappa shape index (κ3) is 2.20. The van der Waals surface area contributed by atoms with Crippen molar-refractivity contribution in [3.63, 3.8) is 0 Å². The van der Waals surface area contributed by atoms with E-state index in [1.165, 1.54) is 12.1 Å². The van der Waals surface area contributed by atoms with Crippen LogP contribution in [0.4, 0.5) is 4.39 Å². The summed E-state index contributed by atoms with van der Waals surface area (Å²) in [5, 5.41) is 0.278. The fraction of sp³-hybridized carbons (Fsp3) is 0. The molecule has 0 fully saturated rings. The highest BCUT2D eigenvalue weighted by atomic mass is 35.5. The topological polar surface area (TPSA) is 54.5 Å². The zero-order chi connectivity index (χ0) is 13.2. The van der Waals surface area contributed by atoms with Gasteiger partial charge in [0.05, 0.1) is 16.3 Å². The Bertz CT molecular complexity index is 712. The van der Waals surface area contributed by atoms with Crippen LogP contribution in [0.2, 0.25) is 5.02 Å². The number of imidazole rings is 1. The van der Waals surface area contributed by atoms with Gasteiger partial charge in [0.2, 0.25) is 0 Å². The second-order valence-corrected chi connectivity index (χ2v) is 4.20. The van der Waals surface area contributed by atoms with Crippen LogP contribution in [0.15, 0.2) is 36.8 Å². The normalized spacial score (nSPS) is 10.6. The molecule has 1 N–H and O–H groups in total. The molecule has 0 atom stereocenters. The Balaban J connectivity index is 2.21. The van der Waals surface area contributed by atoms with Gasteiger partial charge in [0.1, 0.15) is 11.6 Å². The second kappa shape index (κ2) is 4.78. The maximum atomic E-state index is 13.1. The van der Waals surface area contributed by atoms with Gasteiger partial charge in [-0.2, -0.15) is 0 Å². The Labute approximate surface area is 113 Å². The van der Waals surface area contributed by atoms with Crippen LogP contribution in [0.3, 0.4) is 0 Å². The van der Waals surface area contributed by atoms with Crippen molar-refractivity contribution in [2.45, 2.75) is 0 Å². The van der Waals surface area contributed by atoms with Crippen LogP contribution < -0.4 is 0 Å². The van der Waals surface area contributed by atoms with E-state index < -0.39 is 5.82 Å². The SMILES string of the molecule is Fc1ccc(-c2n[c]ncc2-c2ncc[nH]2)c(Cl)c1. The zero-order valence-corrected chi connectivity index (χ0v) is 10.3. The van der Waals surface area contributed by atoms with Crippen LogP contribution in [-0.2, 0) is 0 Å². The molecular formula is C13H7ClFN4. The summed E-state index contributed by atoms with van der Waals surface area (Å²) in [4.78, 5) is 15.1. The van der Waals surface area contributed by atoms with Gasteiger partial charge in [0, 0.05) is 24.2 Å². The molecule has 2 aromatic heterocycles. The Kier molecular flexibility index (Phi) is 2.97. The monoisotopic (exact) mass is 273 g/mol. The number of aromatic nitrogens is 4. The largest absolute Gasteiger partial charge is 0.345 e. The van der Waals surface area contributed by atoms with Crippen molar-refractivity contribution in [2.75, 3.05) is 0 Å². The molecule has 19 heavy (non-hydrogen) atoms. The Hall–Kier alpha value is -2.27. The molecule has 0 bridgehead atoms. The summed E-state index contributed by atoms with van der Waals surface area (Å²) in [6.45, 7) is 0. The summed E-state index contributed by atoms with van der Waals surface area (Å²) < 4.78 is 13.1. The van der Waals surface area contributed by atoms with Gasteiger partial charge in [0.25, 0.3) is 0 Å². The number of halogens is 2. The average molecular weight is 274 g/mol. The van der Waals surface area contributed by atoms with Crippen molar-refractivity contribution < 1.29 is 4.39 Å². The van der Waals surface area contributed by atoms with Crippen molar-refractivity contribution in [3.05, 3.63) is 54.0 Å². The van der Waals surface area contributed by atoms with Crippen molar-refractivity contribution in [3.8, 4) is 22.6 Å². The predicted octanol–water partition coefficient (Wildman–Crippen LogP) is 3.13. The smallest absolute Gasteiger partial charge is 0.198 e. The van der Waals surface area contributed by atoms with Crippen LogP contribution in [0, 0.1) is 12.1 Å². The quantitative estimate of drug-likeness (QED) is 0.780. The van der Waals surface area contributed by atoms with Crippen LogP contribution in [0.25, 0.3) is 22.6 Å². The molecule has 0 aliphatic rings. The fourth-order valence-corrected chi connectivity index (χ4v) is 2.02. The molecule has 1 aromatic carbocycles. The van der Waals surface area contributed by atoms with Crippen molar-refractivity contribution in [2.24, 2.45) is 0 Å². The molecule has 0 aliphatic carbocycles. The predicted molar refractivity (Wildman–Crippen MR) is 68.9 cm³/mol. The Morgan fingerprint density at radius 3 is 2.89 bits per heavy atom. The minimum absolute atomic E-state index is 0.278. The highest BCUT2D eigenvalue weighted by Crippen LogP contribution is 2.32. The van der Waals surface area contributed by atoms with Crippen molar-refractivity contribution >= 4 is 11.6 Å². The number of rotatable bonds is 2. The maximum absolute atomic E-state index is 13.1. The molecule has 2 heterocycles. The third-order valence-corrected chi connectivity index (χ3v) is 2.92. The van der Waals surface area contributed by atoms with Gasteiger partial charge in [0.15, 0.2) is 6.33 Å². The van der Waals surface area contributed by atoms with Gasteiger partial charge in [-0.05, 0) is 18.2 Å². The Morgan fingerprint density at radius 1 is 1.26 bits per heavy atom. The van der Waals surface area contributed by atoms with E-state index in [0.29, 0.717) is 22.6 Å². The molecule has 6 heteroatoms. The summed E-state index contributed by atoms with van der Waals surface area (Å²) in [7, 11) is 0. The summed E-state index contributed by atoms with van der Waals surface area (Å²) >= 11 is 6.05. The number of hydrogen-bond acceptors (Lipinski definition) is 3. The number of aromatic amines is 1. The standard InChI is InChI=1S/C13H7ClFN4/c14-11-5-8(15)1-2-9(11)12-10(6-16-7-19-12)13-17-3-4-18-13/h1-6H,(H,17,18). The lowest BCUT2D eigenvalue weighted by atomic mass is 10.1. The van der Waals surface area contributed by atoms with Gasteiger partial charge in [-0.25, -0.2) is 19.3 Å². The van der Waals surface area contributed by atoms with E-state index in [0.717, 1.165) is 0 Å². The first-order valence-corrected chi connectivity index (χ1v) is 5.82. The van der Waals surface area contributed by atoms with E-state index in [9.17, 15) is 4.39 Å². The lowest BCUT2D eigenvalue weighted by molar-refractivity contribution is 0.628. The summed E-state index contributed by atoms with van der Waals surface area (Å²) in [6, 6.07) is 4.14. The van der Waals surface area contributed by atoms with Gasteiger partial charge in [-0.3, -0.25) is 0 Å². The highest BCUT2D eigenvalue weighted by Gasteiger charge is 2.14. The first kappa shape index (κ1) is 11.8. The molecule has 1 radical (unpaired) electrons. The molecule has 0 unspecified atom stereocenters. The molecule has 0 saturated heterocycles. The van der Waals surface area contributed by atoms with Crippen LogP contribution in [0.5, 0.6) is 0 Å². The van der Waals surface area contributed by atoms with Crippen molar-refractivity contribution in [1.29, 1.82) is 0 Å². The second-order valence-electron chi connectivity index (χ2n) is 3.79. The molecule has 0 spiro atoms. The van der Waals surface area contributed by atoms with E-state index in [-0.39, 0.29) is 5.02 Å². The summed E-state index contributed by atoms with van der Waals surface area (Å²) in [5.74, 6) is 0.218. The summed E-state index contributed by atoms with van der Waals surface area (Å²) in [6.07, 6.45) is 7.42. The molecule has 3 aromatic rings. The number of H-pyrrole nitrogens is 1. The van der Waals surface area contributed by atoms with Gasteiger partial charge in [-0.1, -0.05) is 11.6 Å². The Morgan fingerprint density at radius 2 is 2.16 bits per heavy atom. The highest BCUT2D eigenvalue weighted by molar-refractivity contribution is 6.33. The molecule has 0 aliphatic heterocycles. The molecule has 4 nitrogen and oxygen atoms in total. The van der Waals surface area contributed by atoms with Gasteiger partial charge < -0.3 is 4.98 Å². The number of nitrogens with zero attached hydrogens (tertiary/aromatic N) is 3. The van der Waals surface area contributed by atoms with Gasteiger partial charge >= 0.3 is 0 Å². The first-order chi connectivity index (χ1) is 9.25. The minimum atomic E-state index is -0.397. The number of hydrogen-bond donors (Lipinski definition) is 1. The molecule has 0 saturated carbocycles. The first-order valence-electron chi connectivity index (χ1n) is 5.44. The fourth-order valence-electron chi connectivity index (χ4n) is 1.77. The maximum Gasteiger partial charge on any atom is 0.198 e. The molecule has 3 rings (SSSR count). The zero-order valence-electron chi connectivity index (χ0n) is 9.56. The minimum Gasteiger partial charge on any atom is -0.345 e. The molecule has 0 amide bonds. The van der Waals surface area contributed by atoms with Crippen LogP contribution in [-0.4, -0.2) is 19.9 Å². The number of nitrogens with one attached hydrogen (secondary N) is 1. The van der Waals surface area contributed by atoms with E-state index in [2.05, 4.69) is 26.3 Å². The van der Waals surface area contributed by atoms with Crippen molar-refractivity contribution in [1.82, 2.24) is 19.9 Å². The van der Waals surface area contributed by atoms with E-state index in [1.807, 2.05) is 0 Å². The molecular weight excluding hydrogens is 267 g/mol. The van der Waals surface area contributed by atoms with Gasteiger partial charge in [-0.15, -0.1) is 0 Å². The van der Waals surface area contributed by atoms with E-state index >= 15 is 0 Å². The average Bonchev–Trinajstić information content (AvgIpc) is 2.93. The lowest BCUT2D eigenvalue weighted by Gasteiger charge is -2.07. The number of benzene rings is 1. The lowest BCUT2D eigenvalue weighted by Crippen LogP contribution is -1.93. The van der Waals surface area contributed by atoms with Crippen LogP contribution >= 0.6 is 11.6 Å². The summed E-state index contributed by atoms with van der Waals surface area (Å²) in [5.41, 5.74) is 1.83. The molecule has 93 valence electrons. The van der Waals surface area contributed by atoms with Crippen LogP contribution in [0.1, 0.15) is 0 Å². The third-order valence-electron chi connectivity index (χ3n) is 2.61. The van der Waals surface area contributed by atoms with E-state index in [1.54, 1.807) is 24.7 Å².